The van der Waals surface area contributed by atoms with Crippen LogP contribution in [0.2, 0.25) is 5.02 Å². The van der Waals surface area contributed by atoms with Crippen LogP contribution in [0.5, 0.6) is 0 Å². The largest absolute Gasteiger partial charge is 0.270 e. The molecule has 1 saturated carbocycles. The molecule has 1 unspecified atom stereocenters. The van der Waals surface area contributed by atoms with Gasteiger partial charge in [-0.2, -0.15) is 4.31 Å². The van der Waals surface area contributed by atoms with E-state index in [0.717, 1.165) is 18.9 Å². The molecule has 0 aliphatic heterocycles. The second-order valence-electron chi connectivity index (χ2n) is 4.97. The summed E-state index contributed by atoms with van der Waals surface area (Å²) in [4.78, 5) is 9.91. The third-order valence-corrected chi connectivity index (χ3v) is 6.09. The fourth-order valence-electron chi connectivity index (χ4n) is 2.05. The van der Waals surface area contributed by atoms with Crippen molar-refractivity contribution in [1.29, 1.82) is 0 Å². The van der Waals surface area contributed by atoms with Gasteiger partial charge in [0.05, 0.1) is 9.95 Å². The zero-order valence-corrected chi connectivity index (χ0v) is 12.7. The van der Waals surface area contributed by atoms with Crippen LogP contribution in [0.3, 0.4) is 0 Å². The molecule has 20 heavy (non-hydrogen) atoms. The van der Waals surface area contributed by atoms with Crippen LogP contribution in [-0.4, -0.2) is 30.7 Å². The fourth-order valence-corrected chi connectivity index (χ4v) is 3.97. The molecule has 1 aromatic rings. The highest BCUT2D eigenvalue weighted by Gasteiger charge is 2.37. The molecule has 1 aliphatic carbocycles. The van der Waals surface area contributed by atoms with E-state index in [-0.39, 0.29) is 21.6 Å². The van der Waals surface area contributed by atoms with Crippen LogP contribution >= 0.6 is 11.6 Å². The van der Waals surface area contributed by atoms with Crippen LogP contribution in [0.4, 0.5) is 5.69 Å². The Morgan fingerprint density at radius 2 is 2.05 bits per heavy atom. The van der Waals surface area contributed by atoms with Gasteiger partial charge in [-0.05, 0) is 31.7 Å². The maximum atomic E-state index is 12.5. The Labute approximate surface area is 122 Å². The molecule has 0 radical (unpaired) electrons. The van der Waals surface area contributed by atoms with Crippen molar-refractivity contribution in [2.24, 2.45) is 5.92 Å². The third-order valence-electron chi connectivity index (χ3n) is 3.66. The first-order valence-electron chi connectivity index (χ1n) is 6.17. The molecule has 1 fully saturated rings. The maximum absolute atomic E-state index is 12.5. The average molecular weight is 319 g/mol. The summed E-state index contributed by atoms with van der Waals surface area (Å²) in [6.07, 6.45) is 2.01. The molecule has 0 heterocycles. The van der Waals surface area contributed by atoms with Gasteiger partial charge in [-0.25, -0.2) is 8.42 Å². The summed E-state index contributed by atoms with van der Waals surface area (Å²) in [6, 6.07) is 3.29. The van der Waals surface area contributed by atoms with E-state index in [0.29, 0.717) is 5.92 Å². The Bertz CT molecular complexity index is 643. The van der Waals surface area contributed by atoms with Crippen LogP contribution in [0.25, 0.3) is 0 Å². The molecule has 0 N–H and O–H groups in total. The number of sulfonamides is 1. The van der Waals surface area contributed by atoms with Gasteiger partial charge in [-0.3, -0.25) is 10.1 Å². The first-order valence-corrected chi connectivity index (χ1v) is 7.99. The molecule has 2 rings (SSSR count). The van der Waals surface area contributed by atoms with Gasteiger partial charge in [0.25, 0.3) is 5.69 Å². The van der Waals surface area contributed by atoms with Gasteiger partial charge in [0.1, 0.15) is 4.90 Å². The SMILES string of the molecule is CC(C1CC1)N(C)S(=O)(=O)c1cc([N+](=O)[O-])ccc1Cl. The quantitative estimate of drug-likeness (QED) is 0.617. The number of rotatable bonds is 5. The number of hydrogen-bond donors (Lipinski definition) is 0. The number of benzene rings is 1. The zero-order valence-electron chi connectivity index (χ0n) is 11.1. The summed E-state index contributed by atoms with van der Waals surface area (Å²) < 4.78 is 26.3. The minimum Gasteiger partial charge on any atom is -0.258 e. The van der Waals surface area contributed by atoms with E-state index in [4.69, 9.17) is 11.6 Å². The Balaban J connectivity index is 2.42. The lowest BCUT2D eigenvalue weighted by atomic mass is 10.2. The van der Waals surface area contributed by atoms with Gasteiger partial charge in [0.2, 0.25) is 10.0 Å². The second-order valence-corrected chi connectivity index (χ2v) is 7.34. The van der Waals surface area contributed by atoms with E-state index in [9.17, 15) is 18.5 Å². The molecular formula is C12H15ClN2O4S. The molecule has 1 aromatic carbocycles. The van der Waals surface area contributed by atoms with E-state index < -0.39 is 14.9 Å². The molecule has 0 amide bonds. The summed E-state index contributed by atoms with van der Waals surface area (Å²) in [5.41, 5.74) is -0.291. The van der Waals surface area contributed by atoms with Crippen molar-refractivity contribution >= 4 is 27.3 Å². The van der Waals surface area contributed by atoms with Gasteiger partial charge < -0.3 is 0 Å². The maximum Gasteiger partial charge on any atom is 0.270 e. The Morgan fingerprint density at radius 3 is 2.55 bits per heavy atom. The van der Waals surface area contributed by atoms with Crippen LogP contribution in [0, 0.1) is 16.0 Å². The zero-order chi connectivity index (χ0) is 15.1. The van der Waals surface area contributed by atoms with E-state index in [1.165, 1.54) is 23.5 Å². The standard InChI is InChI=1S/C12H15ClN2O4S/c1-8(9-3-4-9)14(2)20(18,19)12-7-10(15(16)17)5-6-11(12)13/h5-9H,3-4H2,1-2H3. The first kappa shape index (κ1) is 15.2. The van der Waals surface area contributed by atoms with Crippen molar-refractivity contribution in [3.8, 4) is 0 Å². The van der Waals surface area contributed by atoms with Gasteiger partial charge in [0.15, 0.2) is 0 Å². The first-order chi connectivity index (χ1) is 9.25. The molecular weight excluding hydrogens is 304 g/mol. The molecule has 6 nitrogen and oxygen atoms in total. The van der Waals surface area contributed by atoms with Gasteiger partial charge >= 0.3 is 0 Å². The lowest BCUT2D eigenvalue weighted by Gasteiger charge is -2.24. The highest BCUT2D eigenvalue weighted by molar-refractivity contribution is 7.89. The molecule has 8 heteroatoms. The molecule has 0 bridgehead atoms. The highest BCUT2D eigenvalue weighted by Crippen LogP contribution is 2.37. The fraction of sp³-hybridized carbons (Fsp3) is 0.500. The van der Waals surface area contributed by atoms with E-state index in [2.05, 4.69) is 0 Å². The van der Waals surface area contributed by atoms with Gasteiger partial charge in [-0.1, -0.05) is 11.6 Å². The van der Waals surface area contributed by atoms with E-state index >= 15 is 0 Å². The highest BCUT2D eigenvalue weighted by atomic mass is 35.5. The van der Waals surface area contributed by atoms with Crippen LogP contribution in [-0.2, 0) is 10.0 Å². The summed E-state index contributed by atoms with van der Waals surface area (Å²) in [5.74, 6) is 0.354. The van der Waals surface area contributed by atoms with Crippen LogP contribution < -0.4 is 0 Å². The molecule has 0 aromatic heterocycles. The van der Waals surface area contributed by atoms with Crippen molar-refractivity contribution in [2.75, 3.05) is 7.05 Å². The minimum atomic E-state index is -3.83. The average Bonchev–Trinajstić information content (AvgIpc) is 3.21. The number of nitro benzene ring substituents is 1. The van der Waals surface area contributed by atoms with Crippen molar-refractivity contribution in [3.63, 3.8) is 0 Å². The molecule has 1 atom stereocenters. The monoisotopic (exact) mass is 318 g/mol. The Hall–Kier alpha value is -1.18. The van der Waals surface area contributed by atoms with E-state index in [1.54, 1.807) is 0 Å². The van der Waals surface area contributed by atoms with E-state index in [1.807, 2.05) is 6.92 Å². The Kier molecular flexibility index (Phi) is 4.04. The van der Waals surface area contributed by atoms with Crippen molar-refractivity contribution in [1.82, 2.24) is 4.31 Å². The van der Waals surface area contributed by atoms with Crippen LogP contribution in [0.15, 0.2) is 23.1 Å². The normalized spacial score (nSPS) is 17.2. The molecule has 0 spiro atoms. The van der Waals surface area contributed by atoms with Crippen LogP contribution in [0.1, 0.15) is 19.8 Å². The molecule has 110 valence electrons. The van der Waals surface area contributed by atoms with Gasteiger partial charge in [-0.15, -0.1) is 0 Å². The molecule has 0 saturated heterocycles. The minimum absolute atomic E-state index is 0.00885. The smallest absolute Gasteiger partial charge is 0.258 e. The predicted octanol–water partition coefficient (Wildman–Crippen LogP) is 2.67. The number of nitro groups is 1. The Morgan fingerprint density at radius 1 is 1.45 bits per heavy atom. The van der Waals surface area contributed by atoms with Gasteiger partial charge in [0, 0.05) is 25.2 Å². The topological polar surface area (TPSA) is 80.5 Å². The summed E-state index contributed by atoms with van der Waals surface area (Å²) in [7, 11) is -2.35. The lowest BCUT2D eigenvalue weighted by Crippen LogP contribution is -2.36. The summed E-state index contributed by atoms with van der Waals surface area (Å²) in [6.45, 7) is 1.83. The van der Waals surface area contributed by atoms with Crippen molar-refractivity contribution in [3.05, 3.63) is 33.3 Å². The second kappa shape index (κ2) is 5.31. The number of non-ortho nitro benzene ring substituents is 1. The number of hydrogen-bond acceptors (Lipinski definition) is 4. The summed E-state index contributed by atoms with van der Waals surface area (Å²) >= 11 is 5.90. The number of halogens is 1. The van der Waals surface area contributed by atoms with Crippen molar-refractivity contribution < 1.29 is 13.3 Å². The molecule has 1 aliphatic rings. The summed E-state index contributed by atoms with van der Waals surface area (Å²) in [5, 5.41) is 10.8. The van der Waals surface area contributed by atoms with Crippen molar-refractivity contribution in [2.45, 2.75) is 30.7 Å². The third kappa shape index (κ3) is 2.79. The number of nitrogens with zero attached hydrogens (tertiary/aromatic N) is 2. The lowest BCUT2D eigenvalue weighted by molar-refractivity contribution is -0.385. The predicted molar refractivity (Wildman–Crippen MR) is 75.2 cm³/mol.